The molecule has 0 aliphatic heterocycles. The third-order valence-electron chi connectivity index (χ3n) is 13.4. The summed E-state index contributed by atoms with van der Waals surface area (Å²) in [7, 11) is 1.48. The smallest absolute Gasteiger partial charge is 0.456 e. The molecule has 0 saturated carbocycles. The van der Waals surface area contributed by atoms with Gasteiger partial charge < -0.3 is 19.4 Å². The zero-order chi connectivity index (χ0) is 54.3. The molecule has 3 unspecified atom stereocenters. The van der Waals surface area contributed by atoms with Gasteiger partial charge in [0.05, 0.1) is 33.8 Å². The molecule has 9 nitrogen and oxygen atoms in total. The van der Waals surface area contributed by atoms with Gasteiger partial charge in [-0.3, -0.25) is 18.6 Å². The number of phosphoric ester groups is 1. The second-order valence-electron chi connectivity index (χ2n) is 21.9. The lowest BCUT2D eigenvalue weighted by Crippen LogP contribution is -2.47. The number of hydrogen-bond acceptors (Lipinski definition) is 6. The highest BCUT2D eigenvalue weighted by Gasteiger charge is 2.30. The summed E-state index contributed by atoms with van der Waals surface area (Å²) in [5.41, 5.74) is 0. The van der Waals surface area contributed by atoms with Gasteiger partial charge in [0, 0.05) is 12.8 Å². The average Bonchev–Trinajstić information content (AvgIpc) is 3.36. The van der Waals surface area contributed by atoms with Crippen LogP contribution in [0.1, 0.15) is 271 Å². The number of allylic oxidation sites excluding steroid dienone is 11. The topological polar surface area (TPSA) is 111 Å². The lowest BCUT2D eigenvalue weighted by atomic mass is 10.0. The molecular formula is C64H118N2O7P+. The van der Waals surface area contributed by atoms with Crippen molar-refractivity contribution >= 4 is 19.7 Å². The second kappa shape index (κ2) is 53.8. The fourth-order valence-electron chi connectivity index (χ4n) is 8.67. The first-order valence-electron chi connectivity index (χ1n) is 30.8. The molecule has 0 bridgehead atoms. The maximum absolute atomic E-state index is 13.5. The maximum Gasteiger partial charge on any atom is 0.472 e. The standard InChI is InChI=1S/C64H117N2O7P/c1-7-10-13-16-19-22-25-28-30-32-33-34-36-39-42-45-48-51-54-57-64(68)73-62(55-52-49-46-43-40-37-27-24-21-18-15-12-9-3)61(60-72-74(69,70)71-59-58-66(4,5)6)65-63(67)56-53-50-47-44-41-38-35-31-29-26-23-20-17-14-11-8-2/h10,13,19,22,28,30,33-34,39,42,52,55,61-62H,7-9,11-12,14-18,20-21,23-27,29,31-32,35-38,40-41,43-51,53-54,56-60H2,1-6H3,(H-,65,67,69,70)/p+1/b13-10-,22-19-,30-28-,34-33-,42-39-,55-52+. The summed E-state index contributed by atoms with van der Waals surface area (Å²) in [6.07, 6.45) is 68.9. The number of rotatable bonds is 55. The molecular weight excluding hydrogens is 940 g/mol. The lowest BCUT2D eigenvalue weighted by molar-refractivity contribution is -0.870. The number of phosphoric acid groups is 1. The van der Waals surface area contributed by atoms with Gasteiger partial charge in [-0.25, -0.2) is 4.57 Å². The van der Waals surface area contributed by atoms with E-state index in [1.165, 1.54) is 141 Å². The van der Waals surface area contributed by atoms with E-state index in [1.807, 2.05) is 33.3 Å². The van der Waals surface area contributed by atoms with Gasteiger partial charge in [0.2, 0.25) is 5.91 Å². The first-order chi connectivity index (χ1) is 35.9. The Labute approximate surface area is 457 Å². The van der Waals surface area contributed by atoms with Crippen molar-refractivity contribution < 1.29 is 37.3 Å². The van der Waals surface area contributed by atoms with Crippen LogP contribution in [0.2, 0.25) is 0 Å². The van der Waals surface area contributed by atoms with Crippen LogP contribution in [-0.4, -0.2) is 74.3 Å². The number of esters is 1. The molecule has 2 N–H and O–H groups in total. The van der Waals surface area contributed by atoms with Gasteiger partial charge in [0.1, 0.15) is 19.3 Å². The number of nitrogens with zero attached hydrogens (tertiary/aromatic N) is 1. The first-order valence-corrected chi connectivity index (χ1v) is 32.3. The maximum atomic E-state index is 13.5. The number of carbonyl (C=O) groups is 2. The molecule has 430 valence electrons. The normalized spacial score (nSPS) is 14.2. The molecule has 3 atom stereocenters. The van der Waals surface area contributed by atoms with Gasteiger partial charge in [0.15, 0.2) is 0 Å². The molecule has 10 heteroatoms. The highest BCUT2D eigenvalue weighted by Crippen LogP contribution is 2.43. The van der Waals surface area contributed by atoms with Crippen LogP contribution in [0.15, 0.2) is 72.9 Å². The van der Waals surface area contributed by atoms with Crippen LogP contribution in [0.4, 0.5) is 0 Å². The number of ether oxygens (including phenoxy) is 1. The lowest BCUT2D eigenvalue weighted by Gasteiger charge is -2.27. The predicted molar refractivity (Wildman–Crippen MR) is 318 cm³/mol. The van der Waals surface area contributed by atoms with Crippen LogP contribution in [0, 0.1) is 0 Å². The molecule has 1 amide bonds. The third-order valence-corrected chi connectivity index (χ3v) is 14.4. The van der Waals surface area contributed by atoms with E-state index in [9.17, 15) is 19.0 Å². The van der Waals surface area contributed by atoms with E-state index in [4.69, 9.17) is 13.8 Å². The quantitative estimate of drug-likeness (QED) is 0.0205. The zero-order valence-electron chi connectivity index (χ0n) is 49.1. The van der Waals surface area contributed by atoms with Crippen molar-refractivity contribution in [2.75, 3.05) is 40.9 Å². The summed E-state index contributed by atoms with van der Waals surface area (Å²) >= 11 is 0. The van der Waals surface area contributed by atoms with E-state index in [0.29, 0.717) is 23.9 Å². The molecule has 0 aromatic carbocycles. The summed E-state index contributed by atoms with van der Waals surface area (Å²) < 4.78 is 30.7. The van der Waals surface area contributed by atoms with Crippen LogP contribution in [0.25, 0.3) is 0 Å². The molecule has 0 fully saturated rings. The van der Waals surface area contributed by atoms with Crippen molar-refractivity contribution in [2.45, 2.75) is 283 Å². The second-order valence-corrected chi connectivity index (χ2v) is 23.3. The summed E-state index contributed by atoms with van der Waals surface area (Å²) in [4.78, 5) is 37.7. The molecule has 0 radical (unpaired) electrons. The fraction of sp³-hybridized carbons (Fsp3) is 0.781. The van der Waals surface area contributed by atoms with Crippen molar-refractivity contribution in [3.8, 4) is 0 Å². The van der Waals surface area contributed by atoms with Gasteiger partial charge in [-0.05, 0) is 76.7 Å². The Morgan fingerprint density at radius 1 is 0.486 bits per heavy atom. The highest BCUT2D eigenvalue weighted by atomic mass is 31.2. The number of quaternary nitrogens is 1. The van der Waals surface area contributed by atoms with E-state index in [0.717, 1.165) is 89.9 Å². The Kier molecular flexibility index (Phi) is 52.0. The highest BCUT2D eigenvalue weighted by molar-refractivity contribution is 7.47. The van der Waals surface area contributed by atoms with Crippen LogP contribution >= 0.6 is 7.82 Å². The molecule has 0 aliphatic carbocycles. The summed E-state index contributed by atoms with van der Waals surface area (Å²) in [5, 5.41) is 3.05. The van der Waals surface area contributed by atoms with Crippen LogP contribution in [0.3, 0.4) is 0 Å². The monoisotopic (exact) mass is 1060 g/mol. The Balaban J connectivity index is 5.36. The molecule has 0 aliphatic rings. The molecule has 0 aromatic rings. The molecule has 0 spiro atoms. The summed E-state index contributed by atoms with van der Waals surface area (Å²) in [6.45, 7) is 6.89. The van der Waals surface area contributed by atoms with E-state index < -0.39 is 20.0 Å². The van der Waals surface area contributed by atoms with Gasteiger partial charge in [-0.15, -0.1) is 0 Å². The Morgan fingerprint density at radius 2 is 0.865 bits per heavy atom. The minimum atomic E-state index is -4.46. The molecule has 74 heavy (non-hydrogen) atoms. The van der Waals surface area contributed by atoms with E-state index >= 15 is 0 Å². The Morgan fingerprint density at radius 3 is 1.31 bits per heavy atom. The van der Waals surface area contributed by atoms with Crippen molar-refractivity contribution in [3.05, 3.63) is 72.9 Å². The van der Waals surface area contributed by atoms with Crippen molar-refractivity contribution in [1.29, 1.82) is 0 Å². The molecule has 0 heterocycles. The molecule has 0 rings (SSSR count). The molecule has 0 saturated heterocycles. The average molecular weight is 1060 g/mol. The number of carbonyl (C=O) groups excluding carboxylic acids is 2. The summed E-state index contributed by atoms with van der Waals surface area (Å²) in [5.74, 6) is -0.537. The number of amides is 1. The summed E-state index contributed by atoms with van der Waals surface area (Å²) in [6, 6.07) is -0.862. The van der Waals surface area contributed by atoms with Crippen LogP contribution in [-0.2, 0) is 27.9 Å². The minimum absolute atomic E-state index is 0.0336. The van der Waals surface area contributed by atoms with Gasteiger partial charge in [0.25, 0.3) is 0 Å². The van der Waals surface area contributed by atoms with Crippen molar-refractivity contribution in [2.24, 2.45) is 0 Å². The van der Waals surface area contributed by atoms with E-state index in [1.54, 1.807) is 0 Å². The van der Waals surface area contributed by atoms with Gasteiger partial charge in [-0.2, -0.15) is 0 Å². The zero-order valence-corrected chi connectivity index (χ0v) is 50.0. The van der Waals surface area contributed by atoms with Gasteiger partial charge >= 0.3 is 13.8 Å². The number of unbranched alkanes of at least 4 members (excludes halogenated alkanes) is 29. The first kappa shape index (κ1) is 71.5. The Hall–Kier alpha value is -2.55. The van der Waals surface area contributed by atoms with Gasteiger partial charge in [-0.1, -0.05) is 255 Å². The minimum Gasteiger partial charge on any atom is -0.456 e. The predicted octanol–water partition coefficient (Wildman–Crippen LogP) is 18.8. The SMILES string of the molecule is CC/C=C\C/C=C\C/C=C\C/C=C\C/C=C\CCCCCC(=O)OC(/C=C/CCCCCCCCCCCCC)C(COP(=O)(O)OCC[N+](C)(C)C)NC(=O)CCCCCCCCCCCCCCCCCC. The van der Waals surface area contributed by atoms with Crippen molar-refractivity contribution in [1.82, 2.24) is 5.32 Å². The number of hydrogen-bond donors (Lipinski definition) is 2. The third kappa shape index (κ3) is 54.2. The number of nitrogens with one attached hydrogen (secondary N) is 1. The molecule has 0 aromatic heterocycles. The van der Waals surface area contributed by atoms with Crippen LogP contribution in [0.5, 0.6) is 0 Å². The Bertz CT molecular complexity index is 1500. The largest absolute Gasteiger partial charge is 0.472 e. The fourth-order valence-corrected chi connectivity index (χ4v) is 9.41. The van der Waals surface area contributed by atoms with E-state index in [2.05, 4.69) is 86.8 Å². The van der Waals surface area contributed by atoms with Crippen molar-refractivity contribution in [3.63, 3.8) is 0 Å². The van der Waals surface area contributed by atoms with E-state index in [-0.39, 0.29) is 31.5 Å². The van der Waals surface area contributed by atoms with Crippen LogP contribution < -0.4 is 5.32 Å². The number of likely N-dealkylation sites (N-methyl/N-ethyl adjacent to an activating group) is 1.